The second-order valence-corrected chi connectivity index (χ2v) is 6.19. The zero-order valence-corrected chi connectivity index (χ0v) is 12.8. The monoisotopic (exact) mass is 302 g/mol. The first-order chi connectivity index (χ1) is 8.84. The van der Waals surface area contributed by atoms with Crippen LogP contribution in [0.4, 0.5) is 5.69 Å². The number of benzene rings is 1. The molecule has 3 nitrogen and oxygen atoms in total. The second kappa shape index (κ2) is 7.13. The van der Waals surface area contributed by atoms with Crippen molar-refractivity contribution in [2.24, 2.45) is 11.1 Å². The van der Waals surface area contributed by atoms with Crippen LogP contribution in [-0.4, -0.2) is 12.5 Å². The van der Waals surface area contributed by atoms with Crippen molar-refractivity contribution in [1.82, 2.24) is 0 Å². The molecule has 0 aromatic heterocycles. The summed E-state index contributed by atoms with van der Waals surface area (Å²) in [7, 11) is 0. The van der Waals surface area contributed by atoms with Gasteiger partial charge in [0.25, 0.3) is 0 Å². The predicted molar refractivity (Wildman–Crippen MR) is 81.8 cm³/mol. The summed E-state index contributed by atoms with van der Waals surface area (Å²) in [5.41, 5.74) is 6.30. The molecule has 1 rings (SSSR count). The van der Waals surface area contributed by atoms with E-state index in [1.54, 1.807) is 18.2 Å². The minimum Gasteiger partial charge on any atom is -0.330 e. The van der Waals surface area contributed by atoms with Crippen molar-refractivity contribution in [2.75, 3.05) is 11.9 Å². The van der Waals surface area contributed by atoms with Crippen LogP contribution in [0.1, 0.15) is 33.1 Å². The van der Waals surface area contributed by atoms with Gasteiger partial charge in [-0.15, -0.1) is 0 Å². The van der Waals surface area contributed by atoms with Gasteiger partial charge in [-0.2, -0.15) is 0 Å². The first-order valence-electron chi connectivity index (χ1n) is 6.29. The van der Waals surface area contributed by atoms with E-state index < -0.39 is 0 Å². The van der Waals surface area contributed by atoms with Crippen LogP contribution in [0.25, 0.3) is 0 Å². The fraction of sp³-hybridized carbons (Fsp3) is 0.500. The fourth-order valence-corrected chi connectivity index (χ4v) is 2.06. The number of rotatable bonds is 6. The van der Waals surface area contributed by atoms with E-state index in [4.69, 9.17) is 28.9 Å². The molecule has 0 aliphatic carbocycles. The number of carbonyl (C=O) groups is 1. The topological polar surface area (TPSA) is 55.1 Å². The first-order valence-corrected chi connectivity index (χ1v) is 7.04. The molecule has 5 heteroatoms. The Morgan fingerprint density at radius 1 is 1.26 bits per heavy atom. The summed E-state index contributed by atoms with van der Waals surface area (Å²) in [6.45, 7) is 4.88. The van der Waals surface area contributed by atoms with Gasteiger partial charge in [-0.25, -0.2) is 0 Å². The summed E-state index contributed by atoms with van der Waals surface area (Å²) in [6, 6.07) is 5.04. The molecule has 0 atom stereocenters. The quantitative estimate of drug-likeness (QED) is 0.831. The van der Waals surface area contributed by atoms with Gasteiger partial charge in [0.15, 0.2) is 0 Å². The van der Waals surface area contributed by atoms with Crippen LogP contribution < -0.4 is 11.1 Å². The van der Waals surface area contributed by atoms with Crippen molar-refractivity contribution >= 4 is 34.8 Å². The molecule has 3 N–H and O–H groups in total. The molecule has 0 fully saturated rings. The number of carbonyl (C=O) groups excluding carboxylic acids is 1. The molecule has 19 heavy (non-hydrogen) atoms. The van der Waals surface area contributed by atoms with E-state index in [0.717, 1.165) is 12.8 Å². The molecule has 0 heterocycles. The number of nitrogens with two attached hydrogens (primary N) is 1. The highest BCUT2D eigenvalue weighted by atomic mass is 35.5. The van der Waals surface area contributed by atoms with E-state index >= 15 is 0 Å². The lowest BCUT2D eigenvalue weighted by Gasteiger charge is -2.23. The SMILES string of the molecule is CC(C)(CCN)CCC(=O)Nc1ccc(Cl)c(Cl)c1. The lowest BCUT2D eigenvalue weighted by molar-refractivity contribution is -0.116. The highest BCUT2D eigenvalue weighted by Gasteiger charge is 2.18. The molecule has 0 aliphatic rings. The van der Waals surface area contributed by atoms with Crippen molar-refractivity contribution < 1.29 is 4.79 Å². The van der Waals surface area contributed by atoms with Crippen LogP contribution in [-0.2, 0) is 4.79 Å². The number of halogens is 2. The minimum absolute atomic E-state index is 0.0246. The summed E-state index contributed by atoms with van der Waals surface area (Å²) < 4.78 is 0. The van der Waals surface area contributed by atoms with Crippen molar-refractivity contribution in [3.8, 4) is 0 Å². The van der Waals surface area contributed by atoms with Gasteiger partial charge in [-0.05, 0) is 43.0 Å². The van der Waals surface area contributed by atoms with Gasteiger partial charge in [-0.1, -0.05) is 37.0 Å². The third-order valence-corrected chi connectivity index (χ3v) is 3.79. The summed E-state index contributed by atoms with van der Waals surface area (Å²) in [4.78, 5) is 11.8. The number of anilines is 1. The van der Waals surface area contributed by atoms with E-state index in [0.29, 0.717) is 28.7 Å². The zero-order valence-electron chi connectivity index (χ0n) is 11.3. The number of hydrogen-bond donors (Lipinski definition) is 2. The maximum atomic E-state index is 11.8. The van der Waals surface area contributed by atoms with E-state index in [1.165, 1.54) is 0 Å². The van der Waals surface area contributed by atoms with Crippen molar-refractivity contribution in [3.63, 3.8) is 0 Å². The fourth-order valence-electron chi connectivity index (χ4n) is 1.77. The van der Waals surface area contributed by atoms with Gasteiger partial charge in [-0.3, -0.25) is 4.79 Å². The zero-order chi connectivity index (χ0) is 14.5. The molecule has 0 saturated heterocycles. The van der Waals surface area contributed by atoms with E-state index in [9.17, 15) is 4.79 Å². The summed E-state index contributed by atoms with van der Waals surface area (Å²) in [5, 5.41) is 3.72. The smallest absolute Gasteiger partial charge is 0.224 e. The summed E-state index contributed by atoms with van der Waals surface area (Å²) >= 11 is 11.7. The Kier molecular flexibility index (Phi) is 6.11. The number of amides is 1. The molecule has 1 amide bonds. The average molecular weight is 303 g/mol. The standard InChI is InChI=1S/C14H20Cl2N2O/c1-14(2,7-8-17)6-5-13(19)18-10-3-4-11(15)12(16)9-10/h3-4,9H,5-8,17H2,1-2H3,(H,18,19). The van der Waals surface area contributed by atoms with Crippen LogP contribution in [0, 0.1) is 5.41 Å². The molecule has 0 saturated carbocycles. The van der Waals surface area contributed by atoms with Crippen LogP contribution in [0.2, 0.25) is 10.0 Å². The summed E-state index contributed by atoms with van der Waals surface area (Å²) in [5.74, 6) is -0.0246. The highest BCUT2D eigenvalue weighted by Crippen LogP contribution is 2.27. The molecular formula is C14H20Cl2N2O. The maximum Gasteiger partial charge on any atom is 0.224 e. The predicted octanol–water partition coefficient (Wildman–Crippen LogP) is 4.09. The molecule has 1 aromatic rings. The largest absolute Gasteiger partial charge is 0.330 e. The Morgan fingerprint density at radius 3 is 2.53 bits per heavy atom. The Balaban J connectivity index is 2.49. The van der Waals surface area contributed by atoms with Gasteiger partial charge < -0.3 is 11.1 Å². The molecule has 0 bridgehead atoms. The Morgan fingerprint density at radius 2 is 1.95 bits per heavy atom. The van der Waals surface area contributed by atoms with Crippen molar-refractivity contribution in [3.05, 3.63) is 28.2 Å². The Hall–Kier alpha value is -0.770. The lowest BCUT2D eigenvalue weighted by Crippen LogP contribution is -2.20. The van der Waals surface area contributed by atoms with E-state index in [1.807, 2.05) is 0 Å². The third-order valence-electron chi connectivity index (χ3n) is 3.05. The molecule has 106 valence electrons. The molecule has 0 spiro atoms. The maximum absolute atomic E-state index is 11.8. The molecule has 0 radical (unpaired) electrons. The number of nitrogens with one attached hydrogen (secondary N) is 1. The normalized spacial score (nSPS) is 11.4. The lowest BCUT2D eigenvalue weighted by atomic mass is 9.84. The van der Waals surface area contributed by atoms with Gasteiger partial charge in [0.1, 0.15) is 0 Å². The van der Waals surface area contributed by atoms with Crippen LogP contribution >= 0.6 is 23.2 Å². The van der Waals surface area contributed by atoms with Crippen LogP contribution in [0.5, 0.6) is 0 Å². The van der Waals surface area contributed by atoms with E-state index in [-0.39, 0.29) is 11.3 Å². The first kappa shape index (κ1) is 16.3. The van der Waals surface area contributed by atoms with Gasteiger partial charge in [0.2, 0.25) is 5.91 Å². The summed E-state index contributed by atoms with van der Waals surface area (Å²) in [6.07, 6.45) is 2.18. The molecule has 0 unspecified atom stereocenters. The third kappa shape index (κ3) is 5.81. The minimum atomic E-state index is -0.0246. The van der Waals surface area contributed by atoms with Crippen molar-refractivity contribution in [2.45, 2.75) is 33.1 Å². The molecular weight excluding hydrogens is 283 g/mol. The van der Waals surface area contributed by atoms with Gasteiger partial charge >= 0.3 is 0 Å². The van der Waals surface area contributed by atoms with Gasteiger partial charge in [0.05, 0.1) is 10.0 Å². The van der Waals surface area contributed by atoms with Crippen molar-refractivity contribution in [1.29, 1.82) is 0 Å². The van der Waals surface area contributed by atoms with Gasteiger partial charge in [0, 0.05) is 12.1 Å². The highest BCUT2D eigenvalue weighted by molar-refractivity contribution is 6.42. The second-order valence-electron chi connectivity index (χ2n) is 5.38. The Bertz CT molecular complexity index is 447. The van der Waals surface area contributed by atoms with E-state index in [2.05, 4.69) is 19.2 Å². The van der Waals surface area contributed by atoms with Crippen LogP contribution in [0.3, 0.4) is 0 Å². The molecule has 0 aliphatic heterocycles. The Labute approximate surface area is 124 Å². The number of hydrogen-bond acceptors (Lipinski definition) is 2. The molecule has 1 aromatic carbocycles. The average Bonchev–Trinajstić information content (AvgIpc) is 2.32. The van der Waals surface area contributed by atoms with Crippen LogP contribution in [0.15, 0.2) is 18.2 Å².